The summed E-state index contributed by atoms with van der Waals surface area (Å²) in [5.74, 6) is -0.850. The quantitative estimate of drug-likeness (QED) is 0.248. The predicted molar refractivity (Wildman–Crippen MR) is 143 cm³/mol. The molecule has 2 atom stereocenters. The second-order valence-electron chi connectivity index (χ2n) is 10.2. The van der Waals surface area contributed by atoms with Gasteiger partial charge in [0.15, 0.2) is 0 Å². The Hall–Kier alpha value is -3.92. The average molecular weight is 572 g/mol. The van der Waals surface area contributed by atoms with Gasteiger partial charge in [-0.3, -0.25) is 9.78 Å². The maximum Gasteiger partial charge on any atom is 0.416 e. The van der Waals surface area contributed by atoms with E-state index in [9.17, 15) is 31.1 Å². The van der Waals surface area contributed by atoms with E-state index in [1.165, 1.54) is 4.90 Å². The molecule has 41 heavy (non-hydrogen) atoms. The molecule has 0 radical (unpaired) electrons. The number of benzene rings is 3. The van der Waals surface area contributed by atoms with E-state index in [-0.39, 0.29) is 18.7 Å². The Bertz CT molecular complexity index is 1490. The fraction of sp³-hybridized carbons (Fsp3) is 0.290. The molecule has 1 saturated heterocycles. The van der Waals surface area contributed by atoms with E-state index in [1.807, 2.05) is 66.7 Å². The van der Waals surface area contributed by atoms with E-state index < -0.39 is 41.0 Å². The van der Waals surface area contributed by atoms with Gasteiger partial charge in [-0.2, -0.15) is 26.3 Å². The molecule has 0 unspecified atom stereocenters. The Balaban J connectivity index is 1.38. The van der Waals surface area contributed by atoms with Crippen molar-refractivity contribution >= 4 is 16.8 Å². The number of pyridine rings is 1. The Kier molecular flexibility index (Phi) is 8.04. The van der Waals surface area contributed by atoms with Gasteiger partial charge in [-0.1, -0.05) is 54.6 Å². The molecule has 0 spiro atoms. The number of aromatic nitrogens is 1. The van der Waals surface area contributed by atoms with Gasteiger partial charge in [-0.05, 0) is 55.2 Å². The molecule has 1 N–H and O–H groups in total. The van der Waals surface area contributed by atoms with Crippen molar-refractivity contribution in [2.24, 2.45) is 0 Å². The van der Waals surface area contributed by atoms with Crippen molar-refractivity contribution in [3.05, 3.63) is 113 Å². The van der Waals surface area contributed by atoms with E-state index in [0.29, 0.717) is 37.9 Å². The van der Waals surface area contributed by atoms with E-state index in [4.69, 9.17) is 0 Å². The van der Waals surface area contributed by atoms with E-state index in [2.05, 4.69) is 10.3 Å². The molecule has 0 saturated carbocycles. The molecule has 1 aliphatic rings. The van der Waals surface area contributed by atoms with Gasteiger partial charge in [0.25, 0.3) is 5.91 Å². The number of hydrogen-bond donors (Lipinski definition) is 1. The van der Waals surface area contributed by atoms with Crippen molar-refractivity contribution in [3.63, 3.8) is 0 Å². The second kappa shape index (κ2) is 11.5. The first kappa shape index (κ1) is 28.6. The summed E-state index contributed by atoms with van der Waals surface area (Å²) in [5.41, 5.74) is -1.02. The van der Waals surface area contributed by atoms with Crippen LogP contribution in [0.5, 0.6) is 0 Å². The number of alkyl halides is 6. The average Bonchev–Trinajstić information content (AvgIpc) is 2.95. The number of piperidine rings is 1. The topological polar surface area (TPSA) is 45.2 Å². The first-order valence-corrected chi connectivity index (χ1v) is 13.2. The summed E-state index contributed by atoms with van der Waals surface area (Å²) in [4.78, 5) is 19.6. The predicted octanol–water partition coefficient (Wildman–Crippen LogP) is 7.28. The van der Waals surface area contributed by atoms with E-state index in [0.717, 1.165) is 22.2 Å². The number of fused-ring (bicyclic) bond motifs is 1. The Labute approximate surface area is 233 Å². The minimum absolute atomic E-state index is 0.0340. The molecular formula is C31H27F6N3O. The van der Waals surface area contributed by atoms with E-state index in [1.54, 1.807) is 0 Å². The molecule has 1 amide bonds. The summed E-state index contributed by atoms with van der Waals surface area (Å²) in [7, 11) is 0. The second-order valence-corrected chi connectivity index (χ2v) is 10.2. The number of para-hydroxylation sites is 1. The normalized spacial score (nSPS) is 18.0. The van der Waals surface area contributed by atoms with Crippen molar-refractivity contribution in [3.8, 4) is 0 Å². The Morgan fingerprint density at radius 3 is 2.20 bits per heavy atom. The molecule has 5 rings (SSSR count). The zero-order chi connectivity index (χ0) is 29.2. The summed E-state index contributed by atoms with van der Waals surface area (Å²) in [5, 5.41) is 4.50. The number of amides is 1. The van der Waals surface area contributed by atoms with Crippen molar-refractivity contribution in [1.29, 1.82) is 0 Å². The first-order chi connectivity index (χ1) is 19.5. The van der Waals surface area contributed by atoms with Crippen molar-refractivity contribution in [2.75, 3.05) is 6.54 Å². The van der Waals surface area contributed by atoms with Crippen molar-refractivity contribution < 1.29 is 31.1 Å². The summed E-state index contributed by atoms with van der Waals surface area (Å²) in [6, 6.07) is 21.5. The highest BCUT2D eigenvalue weighted by Crippen LogP contribution is 2.37. The van der Waals surface area contributed by atoms with Crippen molar-refractivity contribution in [1.82, 2.24) is 15.2 Å². The highest BCUT2D eigenvalue weighted by atomic mass is 19.4. The molecule has 0 bridgehead atoms. The van der Waals surface area contributed by atoms with Crippen LogP contribution < -0.4 is 5.32 Å². The maximum atomic E-state index is 13.5. The number of carbonyl (C=O) groups is 1. The lowest BCUT2D eigenvalue weighted by Crippen LogP contribution is -2.51. The lowest BCUT2D eigenvalue weighted by Gasteiger charge is -2.40. The third kappa shape index (κ3) is 6.87. The lowest BCUT2D eigenvalue weighted by atomic mass is 9.91. The largest absolute Gasteiger partial charge is 0.416 e. The number of hydrogen-bond acceptors (Lipinski definition) is 3. The van der Waals surface area contributed by atoms with Crippen LogP contribution in [0, 0.1) is 0 Å². The lowest BCUT2D eigenvalue weighted by molar-refractivity contribution is -0.143. The molecule has 4 nitrogen and oxygen atoms in total. The third-order valence-corrected chi connectivity index (χ3v) is 7.35. The van der Waals surface area contributed by atoms with Crippen LogP contribution in [-0.2, 0) is 25.3 Å². The van der Waals surface area contributed by atoms with Crippen molar-refractivity contribution in [2.45, 2.75) is 50.2 Å². The van der Waals surface area contributed by atoms with Crippen LogP contribution in [-0.4, -0.2) is 34.4 Å². The molecule has 4 aromatic rings. The van der Waals surface area contributed by atoms with Crippen LogP contribution in [0.3, 0.4) is 0 Å². The summed E-state index contributed by atoms with van der Waals surface area (Å²) in [6.07, 6.45) is -8.71. The molecular weight excluding hydrogens is 544 g/mol. The molecule has 214 valence electrons. The fourth-order valence-electron chi connectivity index (χ4n) is 5.28. The van der Waals surface area contributed by atoms with Gasteiger partial charge in [0, 0.05) is 36.1 Å². The smallest absolute Gasteiger partial charge is 0.335 e. The minimum Gasteiger partial charge on any atom is -0.335 e. The third-order valence-electron chi connectivity index (χ3n) is 7.35. The number of nitrogens with one attached hydrogen (secondary N) is 1. The zero-order valence-electron chi connectivity index (χ0n) is 21.8. The minimum atomic E-state index is -5.03. The molecule has 0 aliphatic carbocycles. The summed E-state index contributed by atoms with van der Waals surface area (Å²) in [6.45, 7) is 0.654. The van der Waals surface area contributed by atoms with Gasteiger partial charge in [-0.15, -0.1) is 0 Å². The van der Waals surface area contributed by atoms with E-state index >= 15 is 0 Å². The molecule has 3 aromatic carbocycles. The molecule has 1 fully saturated rings. The van der Waals surface area contributed by atoms with Gasteiger partial charge in [0.2, 0.25) is 0 Å². The van der Waals surface area contributed by atoms with Gasteiger partial charge in [-0.25, -0.2) is 0 Å². The maximum absolute atomic E-state index is 13.5. The number of halogens is 6. The van der Waals surface area contributed by atoms with Gasteiger partial charge < -0.3 is 10.2 Å². The van der Waals surface area contributed by atoms with Crippen LogP contribution in [0.4, 0.5) is 26.3 Å². The fourth-order valence-corrected chi connectivity index (χ4v) is 5.28. The van der Waals surface area contributed by atoms with Gasteiger partial charge in [0.05, 0.1) is 22.3 Å². The monoisotopic (exact) mass is 571 g/mol. The molecule has 2 heterocycles. The Morgan fingerprint density at radius 1 is 0.854 bits per heavy atom. The van der Waals surface area contributed by atoms with Gasteiger partial charge >= 0.3 is 12.4 Å². The highest BCUT2D eigenvalue weighted by Gasteiger charge is 2.39. The van der Waals surface area contributed by atoms with Gasteiger partial charge in [0.1, 0.15) is 0 Å². The number of carbonyl (C=O) groups excluding carboxylic acids is 1. The molecule has 1 aliphatic heterocycles. The molecule has 1 aromatic heterocycles. The van der Waals surface area contributed by atoms with Crippen LogP contribution in [0.2, 0.25) is 0 Å². The number of rotatable bonds is 6. The summed E-state index contributed by atoms with van der Waals surface area (Å²) < 4.78 is 80.8. The Morgan fingerprint density at radius 2 is 1.51 bits per heavy atom. The zero-order valence-corrected chi connectivity index (χ0v) is 21.8. The van der Waals surface area contributed by atoms with Crippen LogP contribution in [0.25, 0.3) is 10.9 Å². The summed E-state index contributed by atoms with van der Waals surface area (Å²) >= 11 is 0. The molecule has 10 heteroatoms. The number of likely N-dealkylation sites (tertiary alicyclic amines) is 1. The van der Waals surface area contributed by atoms with Crippen LogP contribution in [0.1, 0.15) is 45.6 Å². The van der Waals surface area contributed by atoms with Crippen LogP contribution in [0.15, 0.2) is 84.9 Å². The van der Waals surface area contributed by atoms with Crippen LogP contribution >= 0.6 is 0 Å². The number of nitrogens with zero attached hydrogens (tertiary/aromatic N) is 2. The highest BCUT2D eigenvalue weighted by molar-refractivity contribution is 5.95. The first-order valence-electron chi connectivity index (χ1n) is 13.2. The standard InChI is InChI=1S/C31H27F6N3O/c32-30(33,34)23-15-22(16-24(17-23)31(35,36)37)29(41)40-13-12-25(18-27(40)14-20-6-2-1-3-7-20)38-19-26-11-10-21-8-4-5-9-28(21)39-26/h1-11,15-17,25,27,38H,12-14,18-19H2/t25-,27-/m0/s1. The SMILES string of the molecule is O=C(c1cc(C(F)(F)F)cc(C(F)(F)F)c1)N1CC[C@H](NCc2ccc3ccccc3n2)C[C@@H]1Cc1ccccc1.